The van der Waals surface area contributed by atoms with Crippen molar-refractivity contribution < 1.29 is 0 Å². The van der Waals surface area contributed by atoms with Gasteiger partial charge in [0, 0.05) is 19.1 Å². The van der Waals surface area contributed by atoms with Gasteiger partial charge in [-0.3, -0.25) is 0 Å². The van der Waals surface area contributed by atoms with Crippen LogP contribution in [0.3, 0.4) is 0 Å². The van der Waals surface area contributed by atoms with E-state index < -0.39 is 0 Å². The number of rotatable bonds is 6. The second kappa shape index (κ2) is 5.98. The van der Waals surface area contributed by atoms with Crippen molar-refractivity contribution >= 4 is 0 Å². The molecule has 0 aromatic rings. The zero-order valence-corrected chi connectivity index (χ0v) is 16.7. The topological polar surface area (TPSA) is 24.1 Å². The van der Waals surface area contributed by atoms with Crippen molar-refractivity contribution in [3.8, 4) is 0 Å². The average Bonchev–Trinajstić information content (AvgIpc) is 2.55. The fourth-order valence-corrected chi connectivity index (χ4v) is 7.26. The highest BCUT2D eigenvalue weighted by Gasteiger charge is 2.56. The van der Waals surface area contributed by atoms with Gasteiger partial charge in [-0.25, -0.2) is 0 Å². The normalized spacial score (nSPS) is 47.6. The molecule has 138 valence electrons. The summed E-state index contributed by atoms with van der Waals surface area (Å²) in [6.07, 6.45) is 7.36. The summed E-state index contributed by atoms with van der Waals surface area (Å²) < 4.78 is 0. The Morgan fingerprint density at radius 2 is 1.54 bits per heavy atom. The highest BCUT2D eigenvalue weighted by Crippen LogP contribution is 2.62. The Hall–Kier alpha value is -0.0800. The molecular weight excluding hydrogens is 292 g/mol. The summed E-state index contributed by atoms with van der Waals surface area (Å²) in [5.74, 6) is 5.74. The Labute approximate surface area is 149 Å². The zero-order chi connectivity index (χ0) is 17.1. The molecule has 3 unspecified atom stereocenters. The molecule has 24 heavy (non-hydrogen) atoms. The van der Waals surface area contributed by atoms with E-state index in [-0.39, 0.29) is 0 Å². The molecule has 6 aliphatic rings. The Morgan fingerprint density at radius 3 is 2.17 bits per heavy atom. The van der Waals surface area contributed by atoms with E-state index >= 15 is 0 Å². The van der Waals surface area contributed by atoms with Crippen LogP contribution in [-0.4, -0.2) is 25.7 Å². The van der Waals surface area contributed by atoms with E-state index in [1.54, 1.807) is 0 Å². The first-order chi connectivity index (χ1) is 11.3. The van der Waals surface area contributed by atoms with E-state index in [1.807, 2.05) is 0 Å². The third-order valence-corrected chi connectivity index (χ3v) is 9.47. The van der Waals surface area contributed by atoms with Gasteiger partial charge in [0.05, 0.1) is 0 Å². The van der Waals surface area contributed by atoms with Gasteiger partial charge in [-0.2, -0.15) is 0 Å². The molecule has 0 aromatic heterocycles. The molecule has 7 atom stereocenters. The van der Waals surface area contributed by atoms with E-state index in [4.69, 9.17) is 0 Å². The number of fused-ring (bicyclic) bond motifs is 4. The molecule has 0 amide bonds. The van der Waals surface area contributed by atoms with E-state index in [0.29, 0.717) is 10.8 Å². The van der Waals surface area contributed by atoms with E-state index in [2.05, 4.69) is 45.3 Å². The molecule has 6 saturated carbocycles. The second-order valence-electron chi connectivity index (χ2n) is 10.9. The van der Waals surface area contributed by atoms with Gasteiger partial charge in [0.2, 0.25) is 0 Å². The third-order valence-electron chi connectivity index (χ3n) is 9.47. The molecule has 2 heteroatoms. The van der Waals surface area contributed by atoms with Crippen LogP contribution < -0.4 is 10.6 Å². The third kappa shape index (κ3) is 2.58. The van der Waals surface area contributed by atoms with Crippen LogP contribution in [0.25, 0.3) is 0 Å². The first-order valence-corrected chi connectivity index (χ1v) is 10.8. The first kappa shape index (κ1) is 17.3. The van der Waals surface area contributed by atoms with Crippen molar-refractivity contribution in [2.75, 3.05) is 19.6 Å². The monoisotopic (exact) mass is 332 g/mol. The van der Waals surface area contributed by atoms with Crippen LogP contribution in [-0.2, 0) is 0 Å². The number of hydrogen-bond acceptors (Lipinski definition) is 2. The minimum absolute atomic E-state index is 0.615. The van der Waals surface area contributed by atoms with Gasteiger partial charge in [-0.1, -0.05) is 34.6 Å². The maximum absolute atomic E-state index is 3.88. The summed E-state index contributed by atoms with van der Waals surface area (Å²) in [6, 6.07) is 0.768. The van der Waals surface area contributed by atoms with Crippen LogP contribution in [0.4, 0.5) is 0 Å². The Kier molecular flexibility index (Phi) is 4.32. The Balaban J connectivity index is 1.15. The molecule has 0 heterocycles. The predicted octanol–water partition coefficient (Wildman–Crippen LogP) is 4.31. The van der Waals surface area contributed by atoms with Crippen molar-refractivity contribution in [3.63, 3.8) is 0 Å². The molecule has 6 rings (SSSR count). The van der Waals surface area contributed by atoms with Crippen molar-refractivity contribution in [2.45, 2.75) is 72.8 Å². The molecule has 0 radical (unpaired) electrons. The molecule has 4 bridgehead atoms. The highest BCUT2D eigenvalue weighted by atomic mass is 15.0. The van der Waals surface area contributed by atoms with Crippen molar-refractivity contribution in [1.82, 2.24) is 10.6 Å². The van der Waals surface area contributed by atoms with E-state index in [0.717, 1.165) is 54.6 Å². The maximum Gasteiger partial charge on any atom is 0.00989 e. The molecular formula is C22H40N2. The lowest BCUT2D eigenvalue weighted by Gasteiger charge is -2.62. The van der Waals surface area contributed by atoms with Gasteiger partial charge in [0.1, 0.15) is 0 Å². The lowest BCUT2D eigenvalue weighted by molar-refractivity contribution is -0.115. The van der Waals surface area contributed by atoms with Gasteiger partial charge >= 0.3 is 0 Å². The quantitative estimate of drug-likeness (QED) is 0.708. The standard InChI is InChI=1S/C22H40N2/c1-14-18-11-17(22(18,4)5)12-20(14)24-9-8-23-13-15-6-7-16-10-19(15)21(16,2)3/h14-20,23-24H,6-13H2,1-5H3/t14-,15?,16?,17+,18-,19?,20-/m1/s1. The number of hydrogen-bond donors (Lipinski definition) is 2. The molecule has 2 nitrogen and oxygen atoms in total. The average molecular weight is 333 g/mol. The van der Waals surface area contributed by atoms with Crippen molar-refractivity contribution in [1.29, 1.82) is 0 Å². The molecule has 0 aromatic carbocycles. The van der Waals surface area contributed by atoms with Gasteiger partial charge in [-0.15, -0.1) is 0 Å². The fourth-order valence-electron chi connectivity index (χ4n) is 7.26. The van der Waals surface area contributed by atoms with Crippen LogP contribution in [0, 0.1) is 46.3 Å². The molecule has 0 spiro atoms. The zero-order valence-electron chi connectivity index (χ0n) is 16.7. The summed E-state index contributed by atoms with van der Waals surface area (Å²) in [5, 5.41) is 7.66. The summed E-state index contributed by atoms with van der Waals surface area (Å²) in [6.45, 7) is 16.1. The molecule has 2 N–H and O–H groups in total. The summed E-state index contributed by atoms with van der Waals surface area (Å²) in [5.41, 5.74) is 1.25. The molecule has 6 aliphatic carbocycles. The van der Waals surface area contributed by atoms with Crippen LogP contribution in [0.5, 0.6) is 0 Å². The van der Waals surface area contributed by atoms with Crippen LogP contribution in [0.1, 0.15) is 66.7 Å². The smallest absolute Gasteiger partial charge is 0.00989 e. The summed E-state index contributed by atoms with van der Waals surface area (Å²) in [7, 11) is 0. The van der Waals surface area contributed by atoms with Gasteiger partial charge in [-0.05, 0) is 85.0 Å². The Morgan fingerprint density at radius 1 is 0.833 bits per heavy atom. The highest BCUT2D eigenvalue weighted by molar-refractivity contribution is 5.07. The van der Waals surface area contributed by atoms with Crippen LogP contribution in [0.15, 0.2) is 0 Å². The lowest BCUT2D eigenvalue weighted by Crippen LogP contribution is -2.60. The maximum atomic E-state index is 3.88. The summed E-state index contributed by atoms with van der Waals surface area (Å²) in [4.78, 5) is 0. The molecule has 0 aliphatic heterocycles. The first-order valence-electron chi connectivity index (χ1n) is 10.8. The molecule has 0 saturated heterocycles. The van der Waals surface area contributed by atoms with E-state index in [1.165, 1.54) is 38.6 Å². The largest absolute Gasteiger partial charge is 0.315 e. The van der Waals surface area contributed by atoms with Crippen molar-refractivity contribution in [2.24, 2.45) is 46.3 Å². The van der Waals surface area contributed by atoms with Crippen molar-refractivity contribution in [3.05, 3.63) is 0 Å². The van der Waals surface area contributed by atoms with Gasteiger partial charge in [0.15, 0.2) is 0 Å². The minimum atomic E-state index is 0.615. The number of nitrogens with one attached hydrogen (secondary N) is 2. The lowest BCUT2D eigenvalue weighted by atomic mass is 9.45. The Bertz CT molecular complexity index is 467. The van der Waals surface area contributed by atoms with Gasteiger partial charge < -0.3 is 10.6 Å². The van der Waals surface area contributed by atoms with Crippen LogP contribution >= 0.6 is 0 Å². The van der Waals surface area contributed by atoms with Crippen LogP contribution in [0.2, 0.25) is 0 Å². The minimum Gasteiger partial charge on any atom is -0.315 e. The second-order valence-corrected chi connectivity index (χ2v) is 10.9. The fraction of sp³-hybridized carbons (Fsp3) is 1.00. The SMILES string of the molecule is C[C@@H]1[C@H]2C[C@@H](C[C@H]1NCCNCC1CCC3CC1C3(C)C)C2(C)C. The summed E-state index contributed by atoms with van der Waals surface area (Å²) >= 11 is 0. The van der Waals surface area contributed by atoms with E-state index in [9.17, 15) is 0 Å². The predicted molar refractivity (Wildman–Crippen MR) is 102 cm³/mol. The van der Waals surface area contributed by atoms with Gasteiger partial charge in [0.25, 0.3) is 0 Å². The molecule has 6 fully saturated rings.